The molecule has 0 aromatic carbocycles. The molecular weight excluding hydrogens is 196 g/mol. The summed E-state index contributed by atoms with van der Waals surface area (Å²) in [5, 5.41) is 9.25. The number of thioether (sulfide) groups is 1. The van der Waals surface area contributed by atoms with Crippen molar-refractivity contribution in [3.63, 3.8) is 0 Å². The number of hydrogen-bond donors (Lipinski definition) is 1. The van der Waals surface area contributed by atoms with Crippen LogP contribution in [0.1, 0.15) is 0 Å². The quantitative estimate of drug-likeness (QED) is 0.716. The van der Waals surface area contributed by atoms with E-state index in [1.807, 2.05) is 11.8 Å². The van der Waals surface area contributed by atoms with E-state index >= 15 is 0 Å². The van der Waals surface area contributed by atoms with Crippen LogP contribution in [-0.4, -0.2) is 72.3 Å². The van der Waals surface area contributed by atoms with Gasteiger partial charge in [0.1, 0.15) is 0 Å². The number of rotatable bonds is 3. The molecule has 0 aliphatic carbocycles. The Morgan fingerprint density at radius 1 is 1.43 bits per heavy atom. The highest BCUT2D eigenvalue weighted by molar-refractivity contribution is 7.99. The molecule has 2 aliphatic heterocycles. The molecule has 0 aromatic heterocycles. The monoisotopic (exact) mass is 216 g/mol. The van der Waals surface area contributed by atoms with Gasteiger partial charge in [-0.25, -0.2) is 0 Å². The van der Waals surface area contributed by atoms with E-state index in [-0.39, 0.29) is 0 Å². The van der Waals surface area contributed by atoms with Crippen LogP contribution >= 0.6 is 11.8 Å². The lowest BCUT2D eigenvalue weighted by Gasteiger charge is -2.42. The van der Waals surface area contributed by atoms with E-state index in [1.165, 1.54) is 25.4 Å². The first-order valence-corrected chi connectivity index (χ1v) is 6.56. The molecule has 0 unspecified atom stereocenters. The Bertz CT molecular complexity index is 185. The molecule has 2 fully saturated rings. The number of aliphatic hydroxyl groups excluding tert-OH is 1. The number of aliphatic hydroxyl groups is 1. The smallest absolute Gasteiger partial charge is 0.0594 e. The molecule has 2 heterocycles. The van der Waals surface area contributed by atoms with Crippen molar-refractivity contribution in [2.75, 3.05) is 51.3 Å². The van der Waals surface area contributed by atoms with Gasteiger partial charge >= 0.3 is 0 Å². The Kier molecular flexibility index (Phi) is 3.71. The van der Waals surface area contributed by atoms with Gasteiger partial charge in [-0.05, 0) is 13.0 Å². The molecule has 82 valence electrons. The molecule has 0 saturated carbocycles. The third-order valence-electron chi connectivity index (χ3n) is 3.19. The molecule has 1 atom stereocenters. The van der Waals surface area contributed by atoms with Gasteiger partial charge in [-0.3, -0.25) is 4.90 Å². The van der Waals surface area contributed by atoms with Gasteiger partial charge in [0, 0.05) is 43.7 Å². The van der Waals surface area contributed by atoms with E-state index in [4.69, 9.17) is 0 Å². The lowest BCUT2D eigenvalue weighted by molar-refractivity contribution is 0.0609. The van der Waals surface area contributed by atoms with Crippen molar-refractivity contribution >= 4 is 11.8 Å². The summed E-state index contributed by atoms with van der Waals surface area (Å²) in [6, 6.07) is 0.416. The third-order valence-corrected chi connectivity index (χ3v) is 4.28. The Morgan fingerprint density at radius 2 is 2.21 bits per heavy atom. The molecule has 14 heavy (non-hydrogen) atoms. The molecular formula is C10H20N2OS. The van der Waals surface area contributed by atoms with Crippen molar-refractivity contribution in [3.8, 4) is 0 Å². The first-order chi connectivity index (χ1) is 6.79. The first-order valence-electron chi connectivity index (χ1n) is 5.41. The highest BCUT2D eigenvalue weighted by Crippen LogP contribution is 2.20. The van der Waals surface area contributed by atoms with E-state index < -0.39 is 0 Å². The molecule has 3 nitrogen and oxygen atoms in total. The van der Waals surface area contributed by atoms with Gasteiger partial charge < -0.3 is 10.0 Å². The number of nitrogens with zero attached hydrogens (tertiary/aromatic N) is 2. The summed E-state index contributed by atoms with van der Waals surface area (Å²) in [6.45, 7) is 5.16. The maximum atomic E-state index is 9.25. The zero-order chi connectivity index (χ0) is 9.97. The normalized spacial score (nSPS) is 31.7. The summed E-state index contributed by atoms with van der Waals surface area (Å²) in [6.07, 6.45) is 0. The molecule has 4 heteroatoms. The molecule has 0 bridgehead atoms. The van der Waals surface area contributed by atoms with E-state index in [2.05, 4.69) is 16.8 Å². The Labute approximate surface area is 90.4 Å². The fourth-order valence-corrected chi connectivity index (χ4v) is 3.49. The Hall–Kier alpha value is 0.230. The molecule has 1 N–H and O–H groups in total. The van der Waals surface area contributed by atoms with Gasteiger partial charge in [0.05, 0.1) is 6.61 Å². The van der Waals surface area contributed by atoms with Gasteiger partial charge in [-0.15, -0.1) is 0 Å². The second-order valence-electron chi connectivity index (χ2n) is 4.49. The summed E-state index contributed by atoms with van der Waals surface area (Å²) in [4.78, 5) is 4.84. The van der Waals surface area contributed by atoms with Gasteiger partial charge in [0.2, 0.25) is 0 Å². The van der Waals surface area contributed by atoms with Crippen LogP contribution in [0.5, 0.6) is 0 Å². The highest BCUT2D eigenvalue weighted by Gasteiger charge is 2.29. The predicted molar refractivity (Wildman–Crippen MR) is 60.8 cm³/mol. The zero-order valence-electron chi connectivity index (χ0n) is 8.85. The summed E-state index contributed by atoms with van der Waals surface area (Å²) < 4.78 is 0. The summed E-state index contributed by atoms with van der Waals surface area (Å²) in [5.41, 5.74) is 0. The largest absolute Gasteiger partial charge is 0.395 e. The van der Waals surface area contributed by atoms with Crippen LogP contribution in [0, 0.1) is 5.92 Å². The molecule has 0 radical (unpaired) electrons. The Balaban J connectivity index is 1.77. The maximum Gasteiger partial charge on any atom is 0.0594 e. The van der Waals surface area contributed by atoms with E-state index in [0.29, 0.717) is 12.6 Å². The lowest BCUT2D eigenvalue weighted by Crippen LogP contribution is -2.54. The standard InChI is InChI=1S/C10H20N2OS/c1-11-4-9(5-11)6-12-2-3-14-8-10(12)7-13/h9-10,13H,2-8H2,1H3/t10-/m0/s1. The van der Waals surface area contributed by atoms with E-state index in [1.54, 1.807) is 0 Å². The minimum atomic E-state index is 0.329. The molecule has 2 rings (SSSR count). The van der Waals surface area contributed by atoms with Crippen molar-refractivity contribution < 1.29 is 5.11 Å². The van der Waals surface area contributed by atoms with E-state index in [0.717, 1.165) is 18.2 Å². The van der Waals surface area contributed by atoms with Crippen molar-refractivity contribution in [1.29, 1.82) is 0 Å². The third kappa shape index (κ3) is 2.42. The minimum Gasteiger partial charge on any atom is -0.395 e. The average molecular weight is 216 g/mol. The fraction of sp³-hybridized carbons (Fsp3) is 1.00. The topological polar surface area (TPSA) is 26.7 Å². The highest BCUT2D eigenvalue weighted by atomic mass is 32.2. The lowest BCUT2D eigenvalue weighted by atomic mass is 10.00. The van der Waals surface area contributed by atoms with E-state index in [9.17, 15) is 5.11 Å². The van der Waals surface area contributed by atoms with Crippen molar-refractivity contribution in [2.45, 2.75) is 6.04 Å². The van der Waals surface area contributed by atoms with Crippen LogP contribution in [0.2, 0.25) is 0 Å². The maximum absolute atomic E-state index is 9.25. The summed E-state index contributed by atoms with van der Waals surface area (Å²) in [7, 11) is 2.17. The molecule has 0 amide bonds. The van der Waals surface area contributed by atoms with Crippen molar-refractivity contribution in [2.24, 2.45) is 5.92 Å². The molecule has 0 aromatic rings. The first kappa shape index (κ1) is 10.7. The zero-order valence-corrected chi connectivity index (χ0v) is 9.67. The number of hydrogen-bond acceptors (Lipinski definition) is 4. The number of likely N-dealkylation sites (tertiary alicyclic amines) is 1. The minimum absolute atomic E-state index is 0.329. The van der Waals surface area contributed by atoms with Crippen molar-refractivity contribution in [1.82, 2.24) is 9.80 Å². The van der Waals surface area contributed by atoms with Crippen molar-refractivity contribution in [3.05, 3.63) is 0 Å². The van der Waals surface area contributed by atoms with Gasteiger partial charge in [-0.2, -0.15) is 11.8 Å². The SMILES string of the molecule is CN1CC(CN2CCSC[C@@H]2CO)C1. The second kappa shape index (κ2) is 4.84. The van der Waals surface area contributed by atoms with Gasteiger partial charge in [0.15, 0.2) is 0 Å². The predicted octanol–water partition coefficient (Wildman–Crippen LogP) is -0.0423. The summed E-state index contributed by atoms with van der Waals surface area (Å²) in [5.74, 6) is 3.19. The van der Waals surface area contributed by atoms with Crippen LogP contribution in [0.25, 0.3) is 0 Å². The second-order valence-corrected chi connectivity index (χ2v) is 5.64. The van der Waals surface area contributed by atoms with Gasteiger partial charge in [0.25, 0.3) is 0 Å². The van der Waals surface area contributed by atoms with Crippen LogP contribution in [-0.2, 0) is 0 Å². The summed E-state index contributed by atoms with van der Waals surface area (Å²) >= 11 is 1.97. The van der Waals surface area contributed by atoms with Crippen LogP contribution in [0.4, 0.5) is 0 Å². The van der Waals surface area contributed by atoms with Crippen LogP contribution in [0.3, 0.4) is 0 Å². The fourth-order valence-electron chi connectivity index (χ4n) is 2.37. The average Bonchev–Trinajstić information content (AvgIpc) is 2.16. The van der Waals surface area contributed by atoms with Gasteiger partial charge in [-0.1, -0.05) is 0 Å². The van der Waals surface area contributed by atoms with Crippen LogP contribution in [0.15, 0.2) is 0 Å². The Morgan fingerprint density at radius 3 is 2.86 bits per heavy atom. The van der Waals surface area contributed by atoms with Crippen LogP contribution < -0.4 is 0 Å². The molecule has 2 saturated heterocycles. The molecule has 2 aliphatic rings. The molecule has 0 spiro atoms.